The van der Waals surface area contributed by atoms with Crippen molar-refractivity contribution in [2.45, 2.75) is 46.3 Å². The molecule has 1 amide bonds. The zero-order chi connectivity index (χ0) is 17.5. The topological polar surface area (TPSA) is 92.0 Å². The summed E-state index contributed by atoms with van der Waals surface area (Å²) in [7, 11) is 0. The second-order valence-corrected chi connectivity index (χ2v) is 6.25. The number of hydrogen-bond donors (Lipinski definition) is 2. The van der Waals surface area contributed by atoms with E-state index < -0.39 is 11.6 Å². The van der Waals surface area contributed by atoms with Crippen molar-refractivity contribution in [1.82, 2.24) is 10.2 Å². The van der Waals surface area contributed by atoms with E-state index in [9.17, 15) is 9.59 Å². The van der Waals surface area contributed by atoms with Crippen LogP contribution in [-0.4, -0.2) is 47.3 Å². The Morgan fingerprint density at radius 2 is 2.04 bits per heavy atom. The zero-order valence-electron chi connectivity index (χ0n) is 14.2. The van der Waals surface area contributed by atoms with Crippen LogP contribution in [0.3, 0.4) is 0 Å². The fraction of sp³-hybridized carbons (Fsp3) is 0.625. The zero-order valence-corrected chi connectivity index (χ0v) is 14.2. The van der Waals surface area contributed by atoms with Gasteiger partial charge in [-0.2, -0.15) is 0 Å². The average Bonchev–Trinajstić information content (AvgIpc) is 2.89. The summed E-state index contributed by atoms with van der Waals surface area (Å²) in [6.45, 7) is 9.61. The molecule has 0 aromatic carbocycles. The Hall–Kier alpha value is -2.02. The molecule has 0 unspecified atom stereocenters. The summed E-state index contributed by atoms with van der Waals surface area (Å²) in [6, 6.07) is 1.48. The lowest BCUT2D eigenvalue weighted by Crippen LogP contribution is -2.40. The van der Waals surface area contributed by atoms with Crippen molar-refractivity contribution >= 4 is 12.1 Å². The number of carbonyl (C=O) groups excluding carboxylic acids is 1. The van der Waals surface area contributed by atoms with Crippen molar-refractivity contribution in [3.63, 3.8) is 0 Å². The van der Waals surface area contributed by atoms with Crippen LogP contribution >= 0.6 is 0 Å². The van der Waals surface area contributed by atoms with E-state index in [0.29, 0.717) is 31.9 Å². The molecule has 7 nitrogen and oxygen atoms in total. The predicted molar refractivity (Wildman–Crippen MR) is 85.5 cm³/mol. The number of nitrogens with zero attached hydrogens (tertiary/aromatic N) is 1. The van der Waals surface area contributed by atoms with Gasteiger partial charge in [-0.15, -0.1) is 0 Å². The van der Waals surface area contributed by atoms with Gasteiger partial charge in [0, 0.05) is 19.6 Å². The van der Waals surface area contributed by atoms with Gasteiger partial charge in [-0.3, -0.25) is 0 Å². The number of carboxylic acid groups (broad SMARTS) is 1. The summed E-state index contributed by atoms with van der Waals surface area (Å²) in [6.07, 6.45) is 1.73. The number of rotatable bonds is 8. The van der Waals surface area contributed by atoms with Gasteiger partial charge in [0.25, 0.3) is 0 Å². The largest absolute Gasteiger partial charge is 0.478 e. The van der Waals surface area contributed by atoms with E-state index in [1.807, 2.05) is 27.7 Å². The molecule has 0 saturated heterocycles. The van der Waals surface area contributed by atoms with Crippen LogP contribution in [-0.2, 0) is 11.3 Å². The van der Waals surface area contributed by atoms with Crippen LogP contribution in [0.1, 0.15) is 50.2 Å². The van der Waals surface area contributed by atoms with Gasteiger partial charge in [-0.05, 0) is 33.3 Å². The van der Waals surface area contributed by atoms with Crippen LogP contribution in [0.2, 0.25) is 0 Å². The molecule has 2 N–H and O–H groups in total. The first-order valence-electron chi connectivity index (χ1n) is 7.72. The molecule has 0 radical (unpaired) electrons. The van der Waals surface area contributed by atoms with E-state index in [4.69, 9.17) is 14.3 Å². The molecule has 130 valence electrons. The number of carbonyl (C=O) groups is 2. The molecule has 1 aromatic heterocycles. The molecule has 0 aliphatic carbocycles. The lowest BCUT2D eigenvalue weighted by atomic mass is 10.2. The van der Waals surface area contributed by atoms with Crippen molar-refractivity contribution in [3.8, 4) is 0 Å². The third-order valence-corrected chi connectivity index (χ3v) is 2.90. The fourth-order valence-electron chi connectivity index (χ4n) is 1.90. The average molecular weight is 326 g/mol. The lowest BCUT2D eigenvalue weighted by molar-refractivity contribution is 0.0251. The summed E-state index contributed by atoms with van der Waals surface area (Å²) in [5.74, 6) is -0.472. The van der Waals surface area contributed by atoms with Crippen molar-refractivity contribution in [1.29, 1.82) is 0 Å². The quantitative estimate of drug-likeness (QED) is 0.714. The van der Waals surface area contributed by atoms with E-state index in [-0.39, 0.29) is 11.7 Å². The van der Waals surface area contributed by atoms with Crippen LogP contribution < -0.4 is 5.32 Å². The van der Waals surface area contributed by atoms with Gasteiger partial charge >= 0.3 is 12.1 Å². The summed E-state index contributed by atoms with van der Waals surface area (Å²) >= 11 is 0. The van der Waals surface area contributed by atoms with Gasteiger partial charge < -0.3 is 24.5 Å². The van der Waals surface area contributed by atoms with Crippen LogP contribution in [0, 0.1) is 0 Å². The molecule has 0 atom stereocenters. The van der Waals surface area contributed by atoms with E-state index in [0.717, 1.165) is 6.42 Å². The Bertz CT molecular complexity index is 519. The Kier molecular flexibility index (Phi) is 7.09. The van der Waals surface area contributed by atoms with Crippen LogP contribution in [0.15, 0.2) is 16.7 Å². The van der Waals surface area contributed by atoms with Crippen molar-refractivity contribution in [2.24, 2.45) is 0 Å². The third kappa shape index (κ3) is 7.19. The van der Waals surface area contributed by atoms with Crippen molar-refractivity contribution < 1.29 is 23.8 Å². The highest BCUT2D eigenvalue weighted by molar-refractivity contribution is 5.87. The molecule has 23 heavy (non-hydrogen) atoms. The first-order valence-corrected chi connectivity index (χ1v) is 7.72. The molecule has 0 aliphatic heterocycles. The number of carboxylic acids is 1. The molecule has 1 heterocycles. The molecule has 0 fully saturated rings. The SMILES string of the molecule is CCCN(CCNCc1cc(C(=O)O)co1)C(=O)OC(C)(C)C. The fourth-order valence-corrected chi connectivity index (χ4v) is 1.90. The second-order valence-electron chi connectivity index (χ2n) is 6.25. The van der Waals surface area contributed by atoms with Gasteiger partial charge in [0.15, 0.2) is 0 Å². The lowest BCUT2D eigenvalue weighted by Gasteiger charge is -2.27. The van der Waals surface area contributed by atoms with E-state index >= 15 is 0 Å². The highest BCUT2D eigenvalue weighted by Crippen LogP contribution is 2.10. The minimum Gasteiger partial charge on any atom is -0.478 e. The second kappa shape index (κ2) is 8.57. The number of aromatic carboxylic acids is 1. The van der Waals surface area contributed by atoms with E-state index in [1.54, 1.807) is 4.90 Å². The number of furan rings is 1. The molecular formula is C16H26N2O5. The molecule has 1 aromatic rings. The maximum atomic E-state index is 12.1. The summed E-state index contributed by atoms with van der Waals surface area (Å²) in [5.41, 5.74) is -0.388. The molecule has 0 spiro atoms. The highest BCUT2D eigenvalue weighted by Gasteiger charge is 2.21. The summed E-state index contributed by atoms with van der Waals surface area (Å²) in [4.78, 5) is 24.5. The van der Waals surface area contributed by atoms with E-state index in [2.05, 4.69) is 5.32 Å². The predicted octanol–water partition coefficient (Wildman–Crippen LogP) is 2.71. The molecule has 1 rings (SSSR count). The van der Waals surface area contributed by atoms with Gasteiger partial charge in [-0.25, -0.2) is 9.59 Å². The Morgan fingerprint density at radius 3 is 2.57 bits per heavy atom. The Balaban J connectivity index is 2.40. The van der Waals surface area contributed by atoms with Crippen molar-refractivity contribution in [3.05, 3.63) is 23.7 Å². The van der Waals surface area contributed by atoms with Crippen LogP contribution in [0.25, 0.3) is 0 Å². The molecular weight excluding hydrogens is 300 g/mol. The monoisotopic (exact) mass is 326 g/mol. The maximum absolute atomic E-state index is 12.1. The van der Waals surface area contributed by atoms with Crippen LogP contribution in [0.4, 0.5) is 4.79 Å². The first-order chi connectivity index (χ1) is 10.7. The minimum atomic E-state index is -1.01. The van der Waals surface area contributed by atoms with E-state index in [1.165, 1.54) is 12.3 Å². The van der Waals surface area contributed by atoms with Gasteiger partial charge in [0.05, 0.1) is 12.1 Å². The minimum absolute atomic E-state index is 0.128. The summed E-state index contributed by atoms with van der Waals surface area (Å²) < 4.78 is 10.5. The number of hydrogen-bond acceptors (Lipinski definition) is 5. The van der Waals surface area contributed by atoms with Gasteiger partial charge in [-0.1, -0.05) is 6.92 Å². The molecule has 0 saturated carbocycles. The smallest absolute Gasteiger partial charge is 0.410 e. The number of ether oxygens (including phenoxy) is 1. The van der Waals surface area contributed by atoms with Gasteiger partial charge in [0.1, 0.15) is 17.6 Å². The Morgan fingerprint density at radius 1 is 1.35 bits per heavy atom. The number of nitrogens with one attached hydrogen (secondary N) is 1. The standard InChI is InChI=1S/C16H26N2O5/c1-5-7-18(15(21)23-16(2,3)4)8-6-17-10-13-9-12(11-22-13)14(19)20/h9,11,17H,5-8,10H2,1-4H3,(H,19,20). The normalized spacial score (nSPS) is 11.3. The maximum Gasteiger partial charge on any atom is 0.410 e. The Labute approximate surface area is 136 Å². The van der Waals surface area contributed by atoms with Gasteiger partial charge in [0.2, 0.25) is 0 Å². The highest BCUT2D eigenvalue weighted by atomic mass is 16.6. The molecule has 0 bridgehead atoms. The first kappa shape index (κ1) is 19.0. The molecule has 0 aliphatic rings. The third-order valence-electron chi connectivity index (χ3n) is 2.90. The summed E-state index contributed by atoms with van der Waals surface area (Å²) in [5, 5.41) is 11.9. The number of amides is 1. The van der Waals surface area contributed by atoms with Crippen LogP contribution in [0.5, 0.6) is 0 Å². The van der Waals surface area contributed by atoms with Crippen molar-refractivity contribution in [2.75, 3.05) is 19.6 Å². The molecule has 7 heteroatoms.